The zero-order valence-electron chi connectivity index (χ0n) is 14.6. The number of ether oxygens (including phenoxy) is 1. The second-order valence-electron chi connectivity index (χ2n) is 5.62. The van der Waals surface area contributed by atoms with Crippen molar-refractivity contribution in [2.75, 3.05) is 0 Å². The number of hydrogen-bond acceptors (Lipinski definition) is 8. The highest BCUT2D eigenvalue weighted by Gasteiger charge is 2.45. The summed E-state index contributed by atoms with van der Waals surface area (Å²) in [4.78, 5) is 12.4. The second-order valence-corrected chi connectivity index (χ2v) is 9.10. The third kappa shape index (κ3) is 3.70. The monoisotopic (exact) mass is 402 g/mol. The molecule has 3 atom stereocenters. The van der Waals surface area contributed by atoms with Crippen LogP contribution in [0.3, 0.4) is 0 Å². The minimum Gasteiger partial charge on any atom is -0.461 e. The molecule has 0 amide bonds. The summed E-state index contributed by atoms with van der Waals surface area (Å²) in [6.07, 6.45) is 10.6. The van der Waals surface area contributed by atoms with Crippen molar-refractivity contribution < 1.29 is 4.74 Å². The number of thiol groups is 1. The number of nitrogens with zero attached hydrogens (tertiary/aromatic N) is 4. The van der Waals surface area contributed by atoms with Gasteiger partial charge in [0.25, 0.3) is 0 Å². The van der Waals surface area contributed by atoms with Gasteiger partial charge in [-0.1, -0.05) is 37.8 Å². The van der Waals surface area contributed by atoms with Gasteiger partial charge in [0.05, 0.1) is 19.8 Å². The van der Waals surface area contributed by atoms with Crippen LogP contribution in [0.4, 0.5) is 0 Å². The Kier molecular flexibility index (Phi) is 5.80. The average Bonchev–Trinajstić information content (AvgIpc) is 3.15. The highest BCUT2D eigenvalue weighted by Crippen LogP contribution is 2.57. The molecule has 3 aliphatic rings. The first kappa shape index (κ1) is 19.1. The Morgan fingerprint density at radius 3 is 2.73 bits per heavy atom. The molecule has 134 valence electrons. The predicted molar refractivity (Wildman–Crippen MR) is 112 cm³/mol. The van der Waals surface area contributed by atoms with Crippen LogP contribution in [-0.4, -0.2) is 31.6 Å². The van der Waals surface area contributed by atoms with Gasteiger partial charge in [0.1, 0.15) is 12.4 Å². The third-order valence-electron chi connectivity index (χ3n) is 3.69. The van der Waals surface area contributed by atoms with Crippen molar-refractivity contribution in [2.24, 2.45) is 4.99 Å². The van der Waals surface area contributed by atoms with Crippen LogP contribution in [0.1, 0.15) is 26.3 Å². The molecule has 1 fully saturated rings. The molecule has 3 aliphatic heterocycles. The fourth-order valence-corrected chi connectivity index (χ4v) is 5.67. The number of aliphatic imine (C=N–C) groups is 1. The van der Waals surface area contributed by atoms with Crippen molar-refractivity contribution in [1.82, 2.24) is 9.97 Å². The Labute approximate surface area is 167 Å². The van der Waals surface area contributed by atoms with E-state index in [-0.39, 0.29) is 10.7 Å². The summed E-state index contributed by atoms with van der Waals surface area (Å²) in [5.74, 6) is 0.652. The van der Waals surface area contributed by atoms with Crippen molar-refractivity contribution in [2.45, 2.75) is 36.2 Å². The largest absolute Gasteiger partial charge is 0.461 e. The molecule has 26 heavy (non-hydrogen) atoms. The van der Waals surface area contributed by atoms with E-state index in [0.717, 1.165) is 15.4 Å². The summed E-state index contributed by atoms with van der Waals surface area (Å²) >= 11 is 7.74. The Bertz CT molecular complexity index is 853. The second kappa shape index (κ2) is 7.91. The van der Waals surface area contributed by atoms with Crippen LogP contribution in [0.15, 0.2) is 51.6 Å². The highest BCUT2D eigenvalue weighted by molar-refractivity contribution is 8.26. The van der Waals surface area contributed by atoms with Crippen LogP contribution < -0.4 is 0 Å². The van der Waals surface area contributed by atoms with Crippen LogP contribution >= 0.6 is 36.2 Å². The van der Waals surface area contributed by atoms with E-state index in [2.05, 4.69) is 33.7 Å². The first-order chi connectivity index (χ1) is 12.6. The van der Waals surface area contributed by atoms with Gasteiger partial charge in [0.15, 0.2) is 5.44 Å². The van der Waals surface area contributed by atoms with Gasteiger partial charge in [0.2, 0.25) is 5.88 Å². The van der Waals surface area contributed by atoms with Gasteiger partial charge in [-0.2, -0.15) is 17.9 Å². The Balaban J connectivity index is 0.000000948. The van der Waals surface area contributed by atoms with Gasteiger partial charge in [-0.25, -0.2) is 15.0 Å². The zero-order valence-corrected chi connectivity index (χ0v) is 17.1. The molecular weight excluding hydrogens is 384 g/mol. The fraction of sp³-hybridized carbons (Fsp3) is 0.333. The molecule has 4 rings (SSSR count). The van der Waals surface area contributed by atoms with E-state index in [1.807, 2.05) is 32.9 Å². The van der Waals surface area contributed by atoms with Gasteiger partial charge < -0.3 is 4.74 Å². The summed E-state index contributed by atoms with van der Waals surface area (Å²) in [5, 5.41) is 9.67. The number of rotatable bonds is 1. The molecule has 0 aromatic carbocycles. The standard InChI is InChI=1S/C16H12N4OS3.C2H6/c1-16(22)3-2-10-12-14(21-13(10)20-7-16)24-15(23-12)11(4-17)9-5-18-8-19-6-9;1-2/h2-3,5-8,12,14,22H,1H3;1-2H3/b15-11-;. The Morgan fingerprint density at radius 2 is 2.04 bits per heavy atom. The number of allylic oxidation sites excluding steroid dienone is 2. The van der Waals surface area contributed by atoms with Gasteiger partial charge in [-0.15, -0.1) is 11.8 Å². The lowest BCUT2D eigenvalue weighted by atomic mass is 10.1. The third-order valence-corrected chi connectivity index (χ3v) is 6.90. The van der Waals surface area contributed by atoms with E-state index in [1.54, 1.807) is 42.1 Å². The molecule has 1 saturated heterocycles. The molecule has 0 N–H and O–H groups in total. The maximum Gasteiger partial charge on any atom is 0.218 e. The van der Waals surface area contributed by atoms with Crippen LogP contribution in [0.25, 0.3) is 5.57 Å². The molecule has 3 unspecified atom stereocenters. The molecule has 1 aromatic heterocycles. The summed E-state index contributed by atoms with van der Waals surface area (Å²) in [6.45, 7) is 5.97. The minimum atomic E-state index is -0.391. The Hall–Kier alpha value is -1.69. The maximum atomic E-state index is 9.56. The van der Waals surface area contributed by atoms with Crippen LogP contribution in [0.5, 0.6) is 0 Å². The molecule has 0 aliphatic carbocycles. The molecule has 8 heteroatoms. The van der Waals surface area contributed by atoms with Crippen LogP contribution in [0, 0.1) is 11.3 Å². The molecule has 0 bridgehead atoms. The molecule has 5 nitrogen and oxygen atoms in total. The smallest absolute Gasteiger partial charge is 0.218 e. The van der Waals surface area contributed by atoms with E-state index < -0.39 is 4.75 Å². The number of aromatic nitrogens is 2. The minimum absolute atomic E-state index is 0.0749. The van der Waals surface area contributed by atoms with Crippen molar-refractivity contribution >= 4 is 47.9 Å². The van der Waals surface area contributed by atoms with Gasteiger partial charge in [0, 0.05) is 29.7 Å². The van der Waals surface area contributed by atoms with Gasteiger partial charge in [-0.05, 0) is 6.92 Å². The summed E-state index contributed by atoms with van der Waals surface area (Å²) in [7, 11) is 0. The van der Waals surface area contributed by atoms with E-state index in [0.29, 0.717) is 11.5 Å². The van der Waals surface area contributed by atoms with Crippen LogP contribution in [-0.2, 0) is 4.74 Å². The molecule has 1 aromatic rings. The van der Waals surface area contributed by atoms with Crippen molar-refractivity contribution in [1.29, 1.82) is 5.26 Å². The molecule has 0 spiro atoms. The predicted octanol–water partition coefficient (Wildman–Crippen LogP) is 4.44. The van der Waals surface area contributed by atoms with E-state index in [1.165, 1.54) is 6.33 Å². The molecule has 4 heterocycles. The lowest BCUT2D eigenvalue weighted by Gasteiger charge is -2.12. The van der Waals surface area contributed by atoms with E-state index in [9.17, 15) is 5.26 Å². The molecule has 0 saturated carbocycles. The summed E-state index contributed by atoms with van der Waals surface area (Å²) in [5.41, 5.74) is 2.28. The lowest BCUT2D eigenvalue weighted by Crippen LogP contribution is -2.15. The quantitative estimate of drug-likeness (QED) is 0.553. The van der Waals surface area contributed by atoms with E-state index >= 15 is 0 Å². The lowest BCUT2D eigenvalue weighted by molar-refractivity contribution is 0.219. The summed E-state index contributed by atoms with van der Waals surface area (Å²) in [6, 6.07) is 2.27. The number of thioether (sulfide) groups is 2. The highest BCUT2D eigenvalue weighted by atomic mass is 32.2. The summed E-state index contributed by atoms with van der Waals surface area (Å²) < 4.78 is 6.53. The molecule has 0 radical (unpaired) electrons. The SMILES string of the molecule is CC.CC1(S)C=CC2=C(N=C1)OC1S/C(=C(/C#N)c3cncnc3)SC21. The van der Waals surface area contributed by atoms with Crippen molar-refractivity contribution in [3.63, 3.8) is 0 Å². The van der Waals surface area contributed by atoms with Crippen LogP contribution in [0.2, 0.25) is 0 Å². The number of hydrogen-bond donors (Lipinski definition) is 1. The topological polar surface area (TPSA) is 71.2 Å². The zero-order chi connectivity index (χ0) is 18.7. The van der Waals surface area contributed by atoms with Crippen molar-refractivity contribution in [3.05, 3.63) is 52.1 Å². The van der Waals surface area contributed by atoms with Gasteiger partial charge >= 0.3 is 0 Å². The first-order valence-corrected chi connectivity index (χ1v) is 10.4. The fourth-order valence-electron chi connectivity index (χ4n) is 2.50. The Morgan fingerprint density at radius 1 is 1.31 bits per heavy atom. The van der Waals surface area contributed by atoms with Crippen molar-refractivity contribution in [3.8, 4) is 6.07 Å². The number of nitriles is 1. The maximum absolute atomic E-state index is 9.56. The first-order valence-electron chi connectivity index (χ1n) is 8.18. The molecular formula is C18H18N4OS3. The van der Waals surface area contributed by atoms with E-state index in [4.69, 9.17) is 4.74 Å². The van der Waals surface area contributed by atoms with Gasteiger partial charge in [-0.3, -0.25) is 0 Å². The normalized spacial score (nSPS) is 30.4. The number of fused-ring (bicyclic) bond motifs is 2. The average molecular weight is 403 g/mol.